The van der Waals surface area contributed by atoms with Crippen molar-refractivity contribution >= 4 is 46.2 Å². The number of benzene rings is 1. The van der Waals surface area contributed by atoms with Gasteiger partial charge in [-0.25, -0.2) is 0 Å². The van der Waals surface area contributed by atoms with E-state index >= 15 is 0 Å². The molecule has 0 amide bonds. The molecular weight excluding hydrogens is 286 g/mol. The van der Waals surface area contributed by atoms with Gasteiger partial charge in [0.05, 0.1) is 14.9 Å². The first-order chi connectivity index (χ1) is 7.29. The first-order valence-electron chi connectivity index (χ1n) is 3.47. The fraction of sp³-hybridized carbons (Fsp3) is 0. The summed E-state index contributed by atoms with van der Waals surface area (Å²) in [6.07, 6.45) is 0. The Morgan fingerprint density at radius 1 is 0.875 bits per heavy atom. The van der Waals surface area contributed by atoms with Crippen LogP contribution in [0.25, 0.3) is 0 Å². The lowest BCUT2D eigenvalue weighted by Gasteiger charge is -2.04. The summed E-state index contributed by atoms with van der Waals surface area (Å²) < 4.78 is 0. The van der Waals surface area contributed by atoms with Crippen LogP contribution in [0, 0.1) is 20.2 Å². The maximum absolute atomic E-state index is 10.6. The highest BCUT2D eigenvalue weighted by Crippen LogP contribution is 2.50. The smallest absolute Gasteiger partial charge is 0.390 e. The van der Waals surface area contributed by atoms with Crippen LogP contribution in [0.1, 0.15) is 0 Å². The van der Waals surface area contributed by atoms with E-state index < -0.39 is 42.0 Å². The summed E-state index contributed by atoms with van der Waals surface area (Å²) in [5.74, 6) is -1.09. The second kappa shape index (κ2) is 4.28. The molecule has 86 valence electrons. The molecule has 0 aliphatic heterocycles. The first kappa shape index (κ1) is 12.8. The van der Waals surface area contributed by atoms with E-state index in [2.05, 4.69) is 0 Å². The summed E-state index contributed by atoms with van der Waals surface area (Å²) in [6, 6.07) is 0. The van der Waals surface area contributed by atoms with Crippen molar-refractivity contribution in [1.29, 1.82) is 0 Å². The number of aromatic hydroxyl groups is 1. The van der Waals surface area contributed by atoms with Crippen LogP contribution < -0.4 is 0 Å². The van der Waals surface area contributed by atoms with Crippen LogP contribution in [0.2, 0.25) is 15.1 Å². The van der Waals surface area contributed by atoms with Crippen LogP contribution in [0.3, 0.4) is 0 Å². The summed E-state index contributed by atoms with van der Waals surface area (Å²) in [6.45, 7) is 0. The Kier molecular flexibility index (Phi) is 3.41. The van der Waals surface area contributed by atoms with Gasteiger partial charge >= 0.3 is 11.4 Å². The summed E-state index contributed by atoms with van der Waals surface area (Å²) in [4.78, 5) is 18.8. The molecule has 0 spiro atoms. The third-order valence-electron chi connectivity index (χ3n) is 1.61. The second-order valence-electron chi connectivity index (χ2n) is 2.50. The molecule has 0 unspecified atom stereocenters. The van der Waals surface area contributed by atoms with Crippen LogP contribution in [-0.2, 0) is 0 Å². The maximum atomic E-state index is 10.6. The normalized spacial score (nSPS) is 10.2. The molecule has 1 N–H and O–H groups in total. The van der Waals surface area contributed by atoms with Crippen molar-refractivity contribution in [3.05, 3.63) is 35.3 Å². The molecule has 0 heterocycles. The molecule has 0 aromatic heterocycles. The Balaban J connectivity index is 3.83. The molecule has 0 bridgehead atoms. The highest BCUT2D eigenvalue weighted by molar-refractivity contribution is 6.50. The zero-order valence-electron chi connectivity index (χ0n) is 7.11. The molecule has 1 aromatic rings. The van der Waals surface area contributed by atoms with Gasteiger partial charge < -0.3 is 5.11 Å². The molecule has 16 heavy (non-hydrogen) atoms. The Morgan fingerprint density at radius 3 is 1.69 bits per heavy atom. The quantitative estimate of drug-likeness (QED) is 0.510. The summed E-state index contributed by atoms with van der Waals surface area (Å²) in [7, 11) is 0. The zero-order valence-corrected chi connectivity index (χ0v) is 9.38. The Morgan fingerprint density at radius 2 is 1.31 bits per heavy atom. The summed E-state index contributed by atoms with van der Waals surface area (Å²) >= 11 is 16.3. The topological polar surface area (TPSA) is 107 Å². The van der Waals surface area contributed by atoms with E-state index in [1.54, 1.807) is 0 Å². The summed E-state index contributed by atoms with van der Waals surface area (Å²) in [5.41, 5.74) is -2.29. The van der Waals surface area contributed by atoms with E-state index in [0.29, 0.717) is 0 Å². The number of nitrogens with zero attached hydrogens (tertiary/aromatic N) is 2. The molecule has 7 nitrogen and oxygen atoms in total. The van der Waals surface area contributed by atoms with Crippen LogP contribution in [0.15, 0.2) is 0 Å². The third kappa shape index (κ3) is 1.84. The van der Waals surface area contributed by atoms with Gasteiger partial charge in [0.1, 0.15) is 10.0 Å². The van der Waals surface area contributed by atoms with Crippen molar-refractivity contribution in [2.24, 2.45) is 0 Å². The number of nitro groups is 2. The molecule has 0 saturated heterocycles. The number of phenols is 1. The minimum atomic E-state index is -1.19. The molecule has 10 heteroatoms. The number of hydrogen-bond donors (Lipinski definition) is 1. The Bertz CT molecular complexity index is 459. The standard InChI is InChI=1S/C6HCl3N2O5/c7-1-2(8)4(10(13)14)5(11(15)16)6(12)3(1)9/h12H. The van der Waals surface area contributed by atoms with Crippen LogP contribution in [-0.4, -0.2) is 15.0 Å². The lowest BCUT2D eigenvalue weighted by molar-refractivity contribution is -0.423. The van der Waals surface area contributed by atoms with Gasteiger partial charge in [-0.1, -0.05) is 34.8 Å². The molecule has 0 atom stereocenters. The van der Waals surface area contributed by atoms with Gasteiger partial charge in [-0.2, -0.15) is 0 Å². The van der Waals surface area contributed by atoms with E-state index in [9.17, 15) is 25.3 Å². The average molecular weight is 287 g/mol. The number of phenolic OH excluding ortho intramolecular Hbond substituents is 1. The molecule has 0 saturated carbocycles. The van der Waals surface area contributed by atoms with E-state index in [0.717, 1.165) is 0 Å². The Hall–Kier alpha value is -1.31. The lowest BCUT2D eigenvalue weighted by Crippen LogP contribution is -1.99. The van der Waals surface area contributed by atoms with Crippen LogP contribution in [0.5, 0.6) is 5.75 Å². The number of nitro benzene ring substituents is 2. The van der Waals surface area contributed by atoms with Crippen molar-refractivity contribution < 1.29 is 15.0 Å². The molecular formula is C6HCl3N2O5. The molecule has 1 aromatic carbocycles. The van der Waals surface area contributed by atoms with Crippen molar-refractivity contribution in [3.63, 3.8) is 0 Å². The fourth-order valence-electron chi connectivity index (χ4n) is 0.964. The third-order valence-corrected chi connectivity index (χ3v) is 2.92. The number of halogens is 3. The minimum Gasteiger partial charge on any atom is -0.501 e. The van der Waals surface area contributed by atoms with Gasteiger partial charge in [0, 0.05) is 0 Å². The van der Waals surface area contributed by atoms with Gasteiger partial charge in [0.15, 0.2) is 0 Å². The van der Waals surface area contributed by atoms with Gasteiger partial charge in [-0.05, 0) is 0 Å². The van der Waals surface area contributed by atoms with E-state index in [1.165, 1.54) is 0 Å². The maximum Gasteiger partial charge on any atom is 0.390 e. The monoisotopic (exact) mass is 286 g/mol. The fourth-order valence-corrected chi connectivity index (χ4v) is 1.63. The van der Waals surface area contributed by atoms with Crippen LogP contribution >= 0.6 is 34.8 Å². The SMILES string of the molecule is O=[N+]([O-])c1c(O)c(Cl)c(Cl)c(Cl)c1[N+](=O)[O-]. The highest BCUT2D eigenvalue weighted by Gasteiger charge is 2.37. The highest BCUT2D eigenvalue weighted by atomic mass is 35.5. The Labute approximate surface area is 102 Å². The zero-order chi connectivity index (χ0) is 12.6. The van der Waals surface area contributed by atoms with Gasteiger partial charge in [-0.3, -0.25) is 20.2 Å². The molecule has 0 aliphatic carbocycles. The van der Waals surface area contributed by atoms with E-state index in [1.807, 2.05) is 0 Å². The van der Waals surface area contributed by atoms with E-state index in [4.69, 9.17) is 34.8 Å². The molecule has 0 radical (unpaired) electrons. The molecule has 1 rings (SSSR count). The predicted molar refractivity (Wildman–Crippen MR) is 56.4 cm³/mol. The predicted octanol–water partition coefficient (Wildman–Crippen LogP) is 3.17. The lowest BCUT2D eigenvalue weighted by atomic mass is 10.2. The largest absolute Gasteiger partial charge is 0.501 e. The summed E-state index contributed by atoms with van der Waals surface area (Å²) in [5, 5.41) is 28.6. The van der Waals surface area contributed by atoms with Gasteiger partial charge in [0.2, 0.25) is 5.75 Å². The van der Waals surface area contributed by atoms with Crippen molar-refractivity contribution in [3.8, 4) is 5.75 Å². The number of hydrogen-bond acceptors (Lipinski definition) is 5. The number of rotatable bonds is 2. The van der Waals surface area contributed by atoms with Crippen molar-refractivity contribution in [1.82, 2.24) is 0 Å². The molecule has 0 aliphatic rings. The average Bonchev–Trinajstić information content (AvgIpc) is 2.18. The molecule has 0 fully saturated rings. The van der Waals surface area contributed by atoms with Crippen molar-refractivity contribution in [2.75, 3.05) is 0 Å². The second-order valence-corrected chi connectivity index (χ2v) is 3.64. The van der Waals surface area contributed by atoms with Gasteiger partial charge in [0.25, 0.3) is 0 Å². The van der Waals surface area contributed by atoms with Gasteiger partial charge in [-0.15, -0.1) is 0 Å². The first-order valence-corrected chi connectivity index (χ1v) is 4.60. The minimum absolute atomic E-state index is 0.516. The van der Waals surface area contributed by atoms with E-state index in [-0.39, 0.29) is 0 Å². The van der Waals surface area contributed by atoms with Crippen LogP contribution in [0.4, 0.5) is 11.4 Å². The van der Waals surface area contributed by atoms with Crippen molar-refractivity contribution in [2.45, 2.75) is 0 Å².